The van der Waals surface area contributed by atoms with Gasteiger partial charge >= 0.3 is 0 Å². The number of rotatable bonds is 4. The van der Waals surface area contributed by atoms with Crippen molar-refractivity contribution in [1.82, 2.24) is 10.4 Å². The van der Waals surface area contributed by atoms with Crippen LogP contribution in [0.3, 0.4) is 0 Å². The summed E-state index contributed by atoms with van der Waals surface area (Å²) in [4.78, 5) is 5.92. The predicted molar refractivity (Wildman–Crippen MR) is 72.4 cm³/mol. The lowest BCUT2D eigenvalue weighted by Crippen LogP contribution is -2.45. The summed E-state index contributed by atoms with van der Waals surface area (Å²) in [5.74, 6) is 6.30. The van der Waals surface area contributed by atoms with E-state index in [0.717, 1.165) is 18.5 Å². The Morgan fingerprint density at radius 2 is 2.33 bits per heavy atom. The Balaban J connectivity index is 1.69. The molecule has 4 nitrogen and oxygen atoms in total. The minimum atomic E-state index is 0.297. The van der Waals surface area contributed by atoms with Crippen LogP contribution in [0.25, 0.3) is 0 Å². The van der Waals surface area contributed by atoms with Crippen molar-refractivity contribution in [2.75, 3.05) is 0 Å². The Labute approximate surface area is 112 Å². The molecule has 0 aromatic carbocycles. The molecule has 0 amide bonds. The molecule has 4 atom stereocenters. The van der Waals surface area contributed by atoms with Crippen molar-refractivity contribution in [2.45, 2.75) is 57.8 Å². The van der Waals surface area contributed by atoms with Gasteiger partial charge < -0.3 is 4.74 Å². The smallest absolute Gasteiger partial charge is 0.0947 e. The van der Waals surface area contributed by atoms with Crippen LogP contribution in [-0.2, 0) is 11.2 Å². The van der Waals surface area contributed by atoms with Gasteiger partial charge in [-0.25, -0.2) is 4.98 Å². The van der Waals surface area contributed by atoms with Crippen LogP contribution < -0.4 is 11.3 Å². The molecule has 0 spiro atoms. The third-order valence-electron chi connectivity index (χ3n) is 4.35. The first kappa shape index (κ1) is 12.5. The zero-order valence-electron chi connectivity index (χ0n) is 11.0. The minimum absolute atomic E-state index is 0.297. The summed E-state index contributed by atoms with van der Waals surface area (Å²) in [5, 5.41) is 1.19. The fraction of sp³-hybridized carbons (Fsp3) is 0.769. The standard InChI is InChI=1S/C13H21N3OS/c1-7-8(2)18-13(15-7)6-11(16-14)10-5-9-3-4-12(10)17-9/h9-12,16H,3-6,14H2,1-2H3. The van der Waals surface area contributed by atoms with E-state index in [9.17, 15) is 0 Å². The number of nitrogens with two attached hydrogens (primary N) is 1. The van der Waals surface area contributed by atoms with Gasteiger partial charge in [0.05, 0.1) is 22.9 Å². The fourth-order valence-electron chi connectivity index (χ4n) is 3.25. The molecule has 1 aromatic heterocycles. The molecule has 2 bridgehead atoms. The second-order valence-corrected chi connectivity index (χ2v) is 6.79. The Hall–Kier alpha value is -0.490. The van der Waals surface area contributed by atoms with E-state index < -0.39 is 0 Å². The summed E-state index contributed by atoms with van der Waals surface area (Å²) in [6.45, 7) is 4.20. The Bertz CT molecular complexity index is 414. The van der Waals surface area contributed by atoms with Gasteiger partial charge in [-0.15, -0.1) is 11.3 Å². The predicted octanol–water partition coefficient (Wildman–Crippen LogP) is 1.70. The molecule has 3 heterocycles. The molecule has 2 aliphatic heterocycles. The van der Waals surface area contributed by atoms with Crippen molar-refractivity contribution in [3.8, 4) is 0 Å². The van der Waals surface area contributed by atoms with Gasteiger partial charge in [0.1, 0.15) is 0 Å². The number of hydrazine groups is 1. The average molecular weight is 267 g/mol. The number of fused-ring (bicyclic) bond motifs is 2. The minimum Gasteiger partial charge on any atom is -0.375 e. The van der Waals surface area contributed by atoms with Crippen LogP contribution in [0.1, 0.15) is 34.8 Å². The number of thiazole rings is 1. The van der Waals surface area contributed by atoms with Crippen LogP contribution in [-0.4, -0.2) is 23.2 Å². The first-order valence-electron chi connectivity index (χ1n) is 6.72. The Morgan fingerprint density at radius 1 is 1.50 bits per heavy atom. The summed E-state index contributed by atoms with van der Waals surface area (Å²) in [6, 6.07) is 0.297. The van der Waals surface area contributed by atoms with E-state index in [2.05, 4.69) is 24.3 Å². The summed E-state index contributed by atoms with van der Waals surface area (Å²) < 4.78 is 5.92. The van der Waals surface area contributed by atoms with Gasteiger partial charge in [-0.3, -0.25) is 11.3 Å². The molecule has 2 aliphatic rings. The zero-order valence-corrected chi connectivity index (χ0v) is 11.8. The van der Waals surface area contributed by atoms with Crippen molar-refractivity contribution in [3.05, 3.63) is 15.6 Å². The lowest BCUT2D eigenvalue weighted by Gasteiger charge is -2.27. The highest BCUT2D eigenvalue weighted by Gasteiger charge is 2.44. The maximum Gasteiger partial charge on any atom is 0.0947 e. The largest absolute Gasteiger partial charge is 0.375 e. The quantitative estimate of drug-likeness (QED) is 0.644. The van der Waals surface area contributed by atoms with Crippen LogP contribution in [0.15, 0.2) is 0 Å². The SMILES string of the molecule is Cc1nc(CC(NN)C2CC3CCC2O3)sc1C. The maximum absolute atomic E-state index is 5.92. The molecule has 5 heteroatoms. The highest BCUT2D eigenvalue weighted by molar-refractivity contribution is 7.11. The summed E-state index contributed by atoms with van der Waals surface area (Å²) in [7, 11) is 0. The topological polar surface area (TPSA) is 60.2 Å². The molecule has 3 N–H and O–H groups in total. The second kappa shape index (κ2) is 4.89. The fourth-order valence-corrected chi connectivity index (χ4v) is 4.24. The first-order valence-corrected chi connectivity index (χ1v) is 7.53. The highest BCUT2D eigenvalue weighted by atomic mass is 32.1. The van der Waals surface area contributed by atoms with Crippen LogP contribution in [0.5, 0.6) is 0 Å². The van der Waals surface area contributed by atoms with Crippen LogP contribution in [0.2, 0.25) is 0 Å². The van der Waals surface area contributed by atoms with E-state index in [1.807, 2.05) is 0 Å². The molecule has 2 saturated heterocycles. The number of aryl methyl sites for hydroxylation is 2. The molecule has 18 heavy (non-hydrogen) atoms. The first-order chi connectivity index (χ1) is 8.67. The third kappa shape index (κ3) is 2.20. The van der Waals surface area contributed by atoms with Gasteiger partial charge in [0, 0.05) is 23.3 Å². The summed E-state index contributed by atoms with van der Waals surface area (Å²) in [6.07, 6.45) is 5.40. The van der Waals surface area contributed by atoms with Crippen molar-refractivity contribution >= 4 is 11.3 Å². The number of nitrogens with one attached hydrogen (secondary N) is 1. The molecule has 4 unspecified atom stereocenters. The number of ether oxygens (including phenoxy) is 1. The van der Waals surface area contributed by atoms with Gasteiger partial charge in [-0.05, 0) is 33.1 Å². The number of nitrogens with zero attached hydrogens (tertiary/aromatic N) is 1. The van der Waals surface area contributed by atoms with E-state index in [1.54, 1.807) is 11.3 Å². The van der Waals surface area contributed by atoms with Crippen molar-refractivity contribution < 1.29 is 4.74 Å². The van der Waals surface area contributed by atoms with Crippen molar-refractivity contribution in [2.24, 2.45) is 11.8 Å². The summed E-state index contributed by atoms with van der Waals surface area (Å²) in [5.41, 5.74) is 4.14. The van der Waals surface area contributed by atoms with Gasteiger partial charge in [0.15, 0.2) is 0 Å². The molecule has 0 saturated carbocycles. The van der Waals surface area contributed by atoms with Gasteiger partial charge in [0.25, 0.3) is 0 Å². The second-order valence-electron chi connectivity index (χ2n) is 5.50. The average Bonchev–Trinajstić information content (AvgIpc) is 3.03. The molecular weight excluding hydrogens is 246 g/mol. The molecule has 0 aliphatic carbocycles. The van der Waals surface area contributed by atoms with Gasteiger partial charge in [-0.2, -0.15) is 0 Å². The molecule has 0 radical (unpaired) electrons. The van der Waals surface area contributed by atoms with E-state index in [4.69, 9.17) is 10.6 Å². The van der Waals surface area contributed by atoms with E-state index >= 15 is 0 Å². The number of hydrogen-bond donors (Lipinski definition) is 2. The maximum atomic E-state index is 5.92. The lowest BCUT2D eigenvalue weighted by atomic mass is 9.83. The third-order valence-corrected chi connectivity index (χ3v) is 5.45. The zero-order chi connectivity index (χ0) is 12.7. The number of hydrogen-bond acceptors (Lipinski definition) is 5. The van der Waals surface area contributed by atoms with Crippen LogP contribution in [0, 0.1) is 19.8 Å². The Kier molecular flexibility index (Phi) is 3.40. The molecule has 3 rings (SSSR count). The van der Waals surface area contributed by atoms with Gasteiger partial charge in [-0.1, -0.05) is 0 Å². The van der Waals surface area contributed by atoms with Crippen molar-refractivity contribution in [3.63, 3.8) is 0 Å². The monoisotopic (exact) mass is 267 g/mol. The van der Waals surface area contributed by atoms with E-state index in [1.165, 1.54) is 22.7 Å². The van der Waals surface area contributed by atoms with E-state index in [0.29, 0.717) is 24.2 Å². The lowest BCUT2D eigenvalue weighted by molar-refractivity contribution is 0.0857. The van der Waals surface area contributed by atoms with Crippen LogP contribution >= 0.6 is 11.3 Å². The molecule has 1 aromatic rings. The Morgan fingerprint density at radius 3 is 2.83 bits per heavy atom. The normalized spacial score (nSPS) is 32.1. The molecule has 100 valence electrons. The highest BCUT2D eigenvalue weighted by Crippen LogP contribution is 2.41. The molecular formula is C13H21N3OS. The van der Waals surface area contributed by atoms with Crippen LogP contribution in [0.4, 0.5) is 0 Å². The number of aromatic nitrogens is 1. The van der Waals surface area contributed by atoms with Crippen molar-refractivity contribution in [1.29, 1.82) is 0 Å². The van der Waals surface area contributed by atoms with Gasteiger partial charge in [0.2, 0.25) is 0 Å². The summed E-state index contributed by atoms with van der Waals surface area (Å²) >= 11 is 1.79. The van der Waals surface area contributed by atoms with E-state index in [-0.39, 0.29) is 0 Å². The molecule has 2 fully saturated rings.